The molecule has 0 radical (unpaired) electrons. The van der Waals surface area contributed by atoms with Crippen LogP contribution in [-0.2, 0) is 5.60 Å². The van der Waals surface area contributed by atoms with E-state index < -0.39 is 5.60 Å². The van der Waals surface area contributed by atoms with Crippen molar-refractivity contribution >= 4 is 34.7 Å². The number of rotatable bonds is 5. The first-order valence-electron chi connectivity index (χ1n) is 9.19. The van der Waals surface area contributed by atoms with Gasteiger partial charge in [0.25, 0.3) is 0 Å². The average Bonchev–Trinajstić information content (AvgIpc) is 3.35. The van der Waals surface area contributed by atoms with Crippen LogP contribution in [-0.4, -0.2) is 21.1 Å². The van der Waals surface area contributed by atoms with E-state index in [0.29, 0.717) is 10.7 Å². The molecule has 0 aliphatic rings. The number of aromatic nitrogens is 2. The summed E-state index contributed by atoms with van der Waals surface area (Å²) in [7, 11) is 0. The zero-order chi connectivity index (χ0) is 20.6. The van der Waals surface area contributed by atoms with Gasteiger partial charge in [0.2, 0.25) is 0 Å². The highest BCUT2D eigenvalue weighted by atomic mass is 35.5. The maximum atomic E-state index is 10.5. The summed E-state index contributed by atoms with van der Waals surface area (Å²) in [6.45, 7) is 3.48. The van der Waals surface area contributed by atoms with Crippen molar-refractivity contribution in [2.24, 2.45) is 0 Å². The largest absolute Gasteiger partial charge is 0.384 e. The summed E-state index contributed by atoms with van der Waals surface area (Å²) in [5.41, 5.74) is 2.44. The van der Waals surface area contributed by atoms with E-state index in [1.807, 2.05) is 35.0 Å². The van der Waals surface area contributed by atoms with E-state index in [2.05, 4.69) is 47.8 Å². The molecule has 0 amide bonds. The lowest BCUT2D eigenvalue weighted by atomic mass is 10.1. The molecule has 3 nitrogen and oxygen atoms in total. The van der Waals surface area contributed by atoms with Crippen molar-refractivity contribution in [3.05, 3.63) is 77.4 Å². The lowest BCUT2D eigenvalue weighted by Gasteiger charge is -2.13. The first-order valence-corrected chi connectivity index (χ1v) is 11.6. The summed E-state index contributed by atoms with van der Waals surface area (Å²) in [5.74, 6) is 0. The second-order valence-corrected chi connectivity index (χ2v) is 9.60. The topological polar surface area (TPSA) is 38.1 Å². The first-order chi connectivity index (χ1) is 13.9. The third-order valence-corrected chi connectivity index (χ3v) is 6.87. The van der Waals surface area contributed by atoms with Gasteiger partial charge in [-0.2, -0.15) is 5.10 Å². The Kier molecular flexibility index (Phi) is 5.58. The van der Waals surface area contributed by atoms with Gasteiger partial charge in [-0.15, -0.1) is 23.1 Å². The SMILES string of the molecule is CSc1ccc(-c2ccc(-c3cc(C(C)(C)O)nn3-c3ccccc3Cl)s2)cc1. The molecule has 2 aromatic heterocycles. The van der Waals surface area contributed by atoms with Gasteiger partial charge in [0.15, 0.2) is 0 Å². The van der Waals surface area contributed by atoms with E-state index in [-0.39, 0.29) is 0 Å². The summed E-state index contributed by atoms with van der Waals surface area (Å²) in [4.78, 5) is 3.50. The number of halogens is 1. The summed E-state index contributed by atoms with van der Waals surface area (Å²) < 4.78 is 1.82. The van der Waals surface area contributed by atoms with Gasteiger partial charge in [-0.05, 0) is 68.1 Å². The monoisotopic (exact) mass is 440 g/mol. The minimum atomic E-state index is -1.05. The molecule has 0 unspecified atom stereocenters. The number of benzene rings is 2. The number of thioether (sulfide) groups is 1. The Morgan fingerprint density at radius 3 is 2.34 bits per heavy atom. The van der Waals surface area contributed by atoms with Gasteiger partial charge in [-0.25, -0.2) is 4.68 Å². The lowest BCUT2D eigenvalue weighted by molar-refractivity contribution is 0.0734. The van der Waals surface area contributed by atoms with Crippen LogP contribution in [0, 0.1) is 0 Å². The molecule has 1 N–H and O–H groups in total. The molecular weight excluding hydrogens is 420 g/mol. The van der Waals surface area contributed by atoms with Crippen LogP contribution in [0.3, 0.4) is 0 Å². The third-order valence-electron chi connectivity index (χ3n) is 4.65. The molecule has 148 valence electrons. The van der Waals surface area contributed by atoms with E-state index in [0.717, 1.165) is 16.3 Å². The highest BCUT2D eigenvalue weighted by Crippen LogP contribution is 2.38. The first kappa shape index (κ1) is 20.2. The van der Waals surface area contributed by atoms with E-state index in [1.165, 1.54) is 15.3 Å². The fourth-order valence-corrected chi connectivity index (χ4v) is 4.69. The minimum absolute atomic E-state index is 0.603. The van der Waals surface area contributed by atoms with E-state index in [4.69, 9.17) is 11.6 Å². The molecule has 29 heavy (non-hydrogen) atoms. The molecule has 0 aliphatic heterocycles. The Balaban J connectivity index is 1.81. The summed E-state index contributed by atoms with van der Waals surface area (Å²) in [5, 5.41) is 15.8. The number of para-hydroxylation sites is 1. The van der Waals surface area contributed by atoms with Crippen molar-refractivity contribution in [1.29, 1.82) is 0 Å². The van der Waals surface area contributed by atoms with Crippen LogP contribution in [0.25, 0.3) is 26.7 Å². The molecule has 0 bridgehead atoms. The van der Waals surface area contributed by atoms with Gasteiger partial charge >= 0.3 is 0 Å². The molecule has 0 saturated heterocycles. The van der Waals surface area contributed by atoms with Crippen LogP contribution in [0.1, 0.15) is 19.5 Å². The number of aliphatic hydroxyl groups is 1. The maximum absolute atomic E-state index is 10.5. The summed E-state index contributed by atoms with van der Waals surface area (Å²) >= 11 is 9.88. The number of thiophene rings is 1. The second kappa shape index (κ2) is 8.00. The molecule has 0 aliphatic carbocycles. The van der Waals surface area contributed by atoms with Gasteiger partial charge < -0.3 is 5.11 Å². The number of hydrogen-bond donors (Lipinski definition) is 1. The van der Waals surface area contributed by atoms with Gasteiger partial charge in [0.1, 0.15) is 5.60 Å². The van der Waals surface area contributed by atoms with Crippen molar-refractivity contribution in [1.82, 2.24) is 9.78 Å². The zero-order valence-corrected chi connectivity index (χ0v) is 18.8. The average molecular weight is 441 g/mol. The van der Waals surface area contributed by atoms with E-state index in [1.54, 1.807) is 36.9 Å². The summed E-state index contributed by atoms with van der Waals surface area (Å²) in [6.07, 6.45) is 2.08. The van der Waals surface area contributed by atoms with Crippen molar-refractivity contribution in [2.45, 2.75) is 24.3 Å². The highest BCUT2D eigenvalue weighted by Gasteiger charge is 2.24. The quantitative estimate of drug-likeness (QED) is 0.344. The molecule has 0 atom stereocenters. The maximum Gasteiger partial charge on any atom is 0.103 e. The zero-order valence-electron chi connectivity index (χ0n) is 16.4. The van der Waals surface area contributed by atoms with Gasteiger partial charge in [-0.3, -0.25) is 0 Å². The third kappa shape index (κ3) is 4.14. The van der Waals surface area contributed by atoms with Crippen molar-refractivity contribution < 1.29 is 5.11 Å². The predicted octanol–water partition coefficient (Wildman–Crippen LogP) is 6.87. The van der Waals surface area contributed by atoms with E-state index >= 15 is 0 Å². The molecule has 0 spiro atoms. The minimum Gasteiger partial charge on any atom is -0.384 e. The Morgan fingerprint density at radius 2 is 1.69 bits per heavy atom. The van der Waals surface area contributed by atoms with Crippen LogP contribution in [0.15, 0.2) is 71.6 Å². The Bertz CT molecular complexity index is 1140. The molecule has 4 aromatic rings. The molecule has 4 rings (SSSR count). The van der Waals surface area contributed by atoms with Crippen molar-refractivity contribution in [2.75, 3.05) is 6.26 Å². The highest BCUT2D eigenvalue weighted by molar-refractivity contribution is 7.98. The van der Waals surface area contributed by atoms with Crippen LogP contribution in [0.5, 0.6) is 0 Å². The predicted molar refractivity (Wildman–Crippen MR) is 124 cm³/mol. The molecule has 0 fully saturated rings. The molecule has 6 heteroatoms. The van der Waals surface area contributed by atoms with E-state index in [9.17, 15) is 5.11 Å². The number of nitrogens with zero attached hydrogens (tertiary/aromatic N) is 2. The van der Waals surface area contributed by atoms with Crippen LogP contribution >= 0.6 is 34.7 Å². The van der Waals surface area contributed by atoms with Crippen LogP contribution < -0.4 is 0 Å². The van der Waals surface area contributed by atoms with Gasteiger partial charge in [-0.1, -0.05) is 35.9 Å². The fourth-order valence-electron chi connectivity index (χ4n) is 3.05. The normalized spacial score (nSPS) is 11.8. The summed E-state index contributed by atoms with van der Waals surface area (Å²) in [6, 6.07) is 22.3. The van der Waals surface area contributed by atoms with Crippen molar-refractivity contribution in [3.63, 3.8) is 0 Å². The van der Waals surface area contributed by atoms with Gasteiger partial charge in [0, 0.05) is 9.77 Å². The second-order valence-electron chi connectivity index (χ2n) is 7.23. The Hall–Kier alpha value is -2.05. The molecule has 0 saturated carbocycles. The van der Waals surface area contributed by atoms with Crippen LogP contribution in [0.4, 0.5) is 0 Å². The van der Waals surface area contributed by atoms with Gasteiger partial charge in [0.05, 0.1) is 27.0 Å². The molecule has 2 heterocycles. The molecular formula is C23H21ClN2OS2. The smallest absolute Gasteiger partial charge is 0.103 e. The number of hydrogen-bond acceptors (Lipinski definition) is 4. The molecule has 2 aromatic carbocycles. The fraction of sp³-hybridized carbons (Fsp3) is 0.174. The lowest BCUT2D eigenvalue weighted by Crippen LogP contribution is -2.16. The van der Waals surface area contributed by atoms with Crippen molar-refractivity contribution in [3.8, 4) is 26.7 Å². The van der Waals surface area contributed by atoms with Crippen LogP contribution in [0.2, 0.25) is 5.02 Å². The Morgan fingerprint density at radius 1 is 1.00 bits per heavy atom. The standard InChI is InChI=1S/C23H21ClN2OS2/c1-23(2,27)22-14-19(26(25-22)18-7-5-4-6-17(18)24)21-13-12-20(29-21)15-8-10-16(28-3)11-9-15/h4-14,27H,1-3H3. The Labute approximate surface area is 184 Å².